The molecule has 1 unspecified atom stereocenters. The number of hydrogen-bond acceptors (Lipinski definition) is 7. The zero-order valence-corrected chi connectivity index (χ0v) is 15.5. The van der Waals surface area contributed by atoms with E-state index in [1.807, 2.05) is 0 Å². The number of amides is 1. The van der Waals surface area contributed by atoms with Gasteiger partial charge in [0.2, 0.25) is 5.91 Å². The van der Waals surface area contributed by atoms with E-state index >= 15 is 0 Å². The molecule has 1 aromatic rings. The molecule has 2 aliphatic rings. The summed E-state index contributed by atoms with van der Waals surface area (Å²) in [5.74, 6) is -1.69. The Kier molecular flexibility index (Phi) is 6.43. The molecular weight excluding hydrogens is 367 g/mol. The van der Waals surface area contributed by atoms with Crippen LogP contribution >= 0.6 is 0 Å². The molecule has 3 rings (SSSR count). The van der Waals surface area contributed by atoms with Crippen molar-refractivity contribution in [3.8, 4) is 11.5 Å². The zero-order valence-electron chi connectivity index (χ0n) is 15.5. The van der Waals surface area contributed by atoms with Gasteiger partial charge in [0, 0.05) is 12.5 Å². The van der Waals surface area contributed by atoms with Crippen molar-refractivity contribution in [1.82, 2.24) is 10.2 Å². The lowest BCUT2D eigenvalue weighted by Gasteiger charge is -2.39. The number of aromatic carboxylic acids is 1. The molecule has 152 valence electrons. The van der Waals surface area contributed by atoms with E-state index in [-0.39, 0.29) is 42.1 Å². The average Bonchev–Trinajstić information content (AvgIpc) is 3.09. The number of phenols is 1. The Morgan fingerprint density at radius 3 is 2.64 bits per heavy atom. The van der Waals surface area contributed by atoms with Crippen molar-refractivity contribution in [3.63, 3.8) is 0 Å². The average molecular weight is 392 g/mol. The van der Waals surface area contributed by atoms with E-state index in [1.54, 1.807) is 4.90 Å². The maximum absolute atomic E-state index is 12.2. The van der Waals surface area contributed by atoms with Gasteiger partial charge in [-0.1, -0.05) is 6.07 Å². The summed E-state index contributed by atoms with van der Waals surface area (Å²) < 4.78 is 5.71. The molecule has 1 atom stereocenters. The number of nitrogens with zero attached hydrogens (tertiary/aromatic N) is 1. The summed E-state index contributed by atoms with van der Waals surface area (Å²) >= 11 is 0. The van der Waals surface area contributed by atoms with E-state index in [9.17, 15) is 19.8 Å². The third-order valence-electron chi connectivity index (χ3n) is 5.19. The van der Waals surface area contributed by atoms with Crippen molar-refractivity contribution < 1.29 is 34.6 Å². The van der Waals surface area contributed by atoms with Crippen molar-refractivity contribution >= 4 is 19.0 Å². The Balaban J connectivity index is 1.59. The number of aromatic hydroxyl groups is 1. The first-order valence-electron chi connectivity index (χ1n) is 9.47. The van der Waals surface area contributed by atoms with Crippen LogP contribution in [0.1, 0.15) is 35.2 Å². The van der Waals surface area contributed by atoms with E-state index in [2.05, 4.69) is 5.32 Å². The number of hydrogen-bond donors (Lipinski definition) is 5. The van der Waals surface area contributed by atoms with Gasteiger partial charge in [0.1, 0.15) is 23.2 Å². The molecule has 1 aromatic carbocycles. The molecule has 2 heterocycles. The highest BCUT2D eigenvalue weighted by Gasteiger charge is 2.34. The SMILES string of the molecule is O=C(O)c1c(OC2CN(C(=O)CC3CCCN3)C2)ccc(CCB(O)O)c1O. The van der Waals surface area contributed by atoms with Crippen molar-refractivity contribution in [2.24, 2.45) is 0 Å². The van der Waals surface area contributed by atoms with Crippen LogP contribution in [0.3, 0.4) is 0 Å². The summed E-state index contributed by atoms with van der Waals surface area (Å²) in [6, 6.07) is 3.19. The second-order valence-corrected chi connectivity index (χ2v) is 7.31. The van der Waals surface area contributed by atoms with Crippen molar-refractivity contribution in [3.05, 3.63) is 23.3 Å². The lowest BCUT2D eigenvalue weighted by atomic mass is 9.82. The van der Waals surface area contributed by atoms with Gasteiger partial charge in [-0.2, -0.15) is 0 Å². The molecule has 2 aliphatic heterocycles. The van der Waals surface area contributed by atoms with Gasteiger partial charge < -0.3 is 35.2 Å². The number of likely N-dealkylation sites (tertiary alicyclic amines) is 1. The monoisotopic (exact) mass is 392 g/mol. The van der Waals surface area contributed by atoms with Crippen LogP contribution in [-0.4, -0.2) is 75.9 Å². The number of carbonyl (C=O) groups excluding carboxylic acids is 1. The Morgan fingerprint density at radius 2 is 2.04 bits per heavy atom. The molecule has 0 radical (unpaired) electrons. The first-order chi connectivity index (χ1) is 13.3. The number of ether oxygens (including phenoxy) is 1. The fourth-order valence-corrected chi connectivity index (χ4v) is 3.57. The molecule has 0 aliphatic carbocycles. The van der Waals surface area contributed by atoms with E-state index in [0.29, 0.717) is 25.1 Å². The molecule has 9 nitrogen and oxygen atoms in total. The minimum absolute atomic E-state index is 0.0254. The number of rotatable bonds is 8. The van der Waals surface area contributed by atoms with Crippen LogP contribution in [0, 0.1) is 0 Å². The fourth-order valence-electron chi connectivity index (χ4n) is 3.57. The molecule has 28 heavy (non-hydrogen) atoms. The smallest absolute Gasteiger partial charge is 0.451 e. The normalized spacial score (nSPS) is 19.4. The minimum atomic E-state index is -1.54. The maximum Gasteiger partial charge on any atom is 0.451 e. The predicted molar refractivity (Wildman–Crippen MR) is 100 cm³/mol. The zero-order chi connectivity index (χ0) is 20.3. The molecule has 10 heteroatoms. The molecule has 5 N–H and O–H groups in total. The molecule has 2 fully saturated rings. The topological polar surface area (TPSA) is 140 Å². The lowest BCUT2D eigenvalue weighted by Crippen LogP contribution is -2.56. The third-order valence-corrected chi connectivity index (χ3v) is 5.19. The highest BCUT2D eigenvalue weighted by atomic mass is 16.5. The third kappa shape index (κ3) is 4.75. The van der Waals surface area contributed by atoms with Crippen LogP contribution in [-0.2, 0) is 11.2 Å². The maximum atomic E-state index is 12.2. The number of benzene rings is 1. The molecule has 0 saturated carbocycles. The quantitative estimate of drug-likeness (QED) is 0.385. The summed E-state index contributed by atoms with van der Waals surface area (Å²) in [5.41, 5.74) is -0.0582. The molecule has 1 amide bonds. The minimum Gasteiger partial charge on any atom is -0.507 e. The van der Waals surface area contributed by atoms with Gasteiger partial charge in [-0.15, -0.1) is 0 Å². The summed E-state index contributed by atoms with van der Waals surface area (Å²) in [6.07, 6.45) is 2.30. The highest BCUT2D eigenvalue weighted by Crippen LogP contribution is 2.34. The fraction of sp³-hybridized carbons (Fsp3) is 0.556. The van der Waals surface area contributed by atoms with Gasteiger partial charge in [0.15, 0.2) is 0 Å². The van der Waals surface area contributed by atoms with Crippen LogP contribution in [0.2, 0.25) is 6.32 Å². The van der Waals surface area contributed by atoms with Gasteiger partial charge in [0.05, 0.1) is 13.1 Å². The summed E-state index contributed by atoms with van der Waals surface area (Å²) in [4.78, 5) is 25.5. The number of carboxylic acid groups (broad SMARTS) is 1. The van der Waals surface area contributed by atoms with Crippen LogP contribution in [0.5, 0.6) is 11.5 Å². The van der Waals surface area contributed by atoms with E-state index < -0.39 is 18.8 Å². The summed E-state index contributed by atoms with van der Waals surface area (Å²) in [7, 11) is -1.54. The Morgan fingerprint density at radius 1 is 1.29 bits per heavy atom. The van der Waals surface area contributed by atoms with E-state index in [1.165, 1.54) is 12.1 Å². The van der Waals surface area contributed by atoms with Crippen LogP contribution in [0.25, 0.3) is 0 Å². The molecule has 0 spiro atoms. The standard InChI is InChI=1S/C18H25BN2O7/c22-15(8-12-2-1-7-20-12)21-9-13(10-21)28-14-4-3-11(5-6-19(26)27)17(23)16(14)18(24)25/h3-4,12-13,20,23,26-27H,1-2,5-10H2,(H,24,25). The Hall–Kier alpha value is -2.30. The van der Waals surface area contributed by atoms with Gasteiger partial charge >= 0.3 is 13.1 Å². The second-order valence-electron chi connectivity index (χ2n) is 7.31. The number of aryl methyl sites for hydroxylation is 1. The van der Waals surface area contributed by atoms with Crippen LogP contribution in [0.4, 0.5) is 0 Å². The van der Waals surface area contributed by atoms with Gasteiger partial charge in [-0.3, -0.25) is 4.79 Å². The largest absolute Gasteiger partial charge is 0.507 e. The summed E-state index contributed by atoms with van der Waals surface area (Å²) in [6.45, 7) is 1.70. The lowest BCUT2D eigenvalue weighted by molar-refractivity contribution is -0.140. The molecule has 0 bridgehead atoms. The van der Waals surface area contributed by atoms with Gasteiger partial charge in [0.25, 0.3) is 0 Å². The van der Waals surface area contributed by atoms with Crippen LogP contribution < -0.4 is 10.1 Å². The van der Waals surface area contributed by atoms with Crippen molar-refractivity contribution in [2.75, 3.05) is 19.6 Å². The molecular formula is C18H25BN2O7. The molecule has 0 aromatic heterocycles. The second kappa shape index (κ2) is 8.81. The van der Waals surface area contributed by atoms with Crippen LogP contribution in [0.15, 0.2) is 12.1 Å². The summed E-state index contributed by atoms with van der Waals surface area (Å²) in [5, 5.41) is 40.9. The number of carbonyl (C=O) groups is 2. The van der Waals surface area contributed by atoms with E-state index in [0.717, 1.165) is 19.4 Å². The first-order valence-corrected chi connectivity index (χ1v) is 9.47. The predicted octanol–water partition coefficient (Wildman–Crippen LogP) is -0.163. The number of carboxylic acids is 1. The Labute approximate surface area is 163 Å². The van der Waals surface area contributed by atoms with Crippen molar-refractivity contribution in [1.29, 1.82) is 0 Å². The van der Waals surface area contributed by atoms with Crippen molar-refractivity contribution in [2.45, 2.75) is 44.1 Å². The van der Waals surface area contributed by atoms with Gasteiger partial charge in [-0.25, -0.2) is 4.79 Å². The Bertz CT molecular complexity index is 731. The molecule has 2 saturated heterocycles. The van der Waals surface area contributed by atoms with E-state index in [4.69, 9.17) is 14.8 Å². The van der Waals surface area contributed by atoms with Gasteiger partial charge in [-0.05, 0) is 43.8 Å². The highest BCUT2D eigenvalue weighted by molar-refractivity contribution is 6.41. The number of nitrogens with one attached hydrogen (secondary N) is 1. The first kappa shape index (κ1) is 20.4.